The van der Waals surface area contributed by atoms with Gasteiger partial charge in [0.1, 0.15) is 0 Å². The van der Waals surface area contributed by atoms with Crippen LogP contribution in [0.5, 0.6) is 0 Å². The lowest BCUT2D eigenvalue weighted by atomic mass is 9.98. The van der Waals surface area contributed by atoms with E-state index in [2.05, 4.69) is 41.2 Å². The molecule has 0 aromatic heterocycles. The molecule has 25 heavy (non-hydrogen) atoms. The van der Waals surface area contributed by atoms with Crippen LogP contribution in [-0.2, 0) is 0 Å². The van der Waals surface area contributed by atoms with Crippen molar-refractivity contribution in [3.63, 3.8) is 0 Å². The fourth-order valence-corrected chi connectivity index (χ4v) is 4.28. The third kappa shape index (κ3) is 7.14. The Bertz CT molecular complexity index is 384. The Morgan fingerprint density at radius 2 is 1.92 bits per heavy atom. The van der Waals surface area contributed by atoms with Gasteiger partial charge in [-0.2, -0.15) is 0 Å². The lowest BCUT2D eigenvalue weighted by Gasteiger charge is -2.35. The van der Waals surface area contributed by atoms with E-state index in [1.54, 1.807) is 0 Å². The van der Waals surface area contributed by atoms with Gasteiger partial charge in [0, 0.05) is 38.8 Å². The van der Waals surface area contributed by atoms with Gasteiger partial charge in [-0.05, 0) is 64.6 Å². The van der Waals surface area contributed by atoms with E-state index in [-0.39, 0.29) is 0 Å². The van der Waals surface area contributed by atoms with Crippen LogP contribution in [0.1, 0.15) is 59.3 Å². The fraction of sp³-hybridized carbons (Fsp3) is 0.950. The van der Waals surface area contributed by atoms with Gasteiger partial charge in [0.05, 0.1) is 0 Å². The highest BCUT2D eigenvalue weighted by atomic mass is 15.2. The first-order valence-electron chi connectivity index (χ1n) is 10.7. The van der Waals surface area contributed by atoms with Crippen LogP contribution in [0.15, 0.2) is 4.99 Å². The summed E-state index contributed by atoms with van der Waals surface area (Å²) in [5, 5.41) is 6.98. The van der Waals surface area contributed by atoms with Crippen LogP contribution in [0.4, 0.5) is 0 Å². The summed E-state index contributed by atoms with van der Waals surface area (Å²) >= 11 is 0. The molecule has 2 aliphatic rings. The van der Waals surface area contributed by atoms with Crippen molar-refractivity contribution in [1.82, 2.24) is 20.4 Å². The van der Waals surface area contributed by atoms with Gasteiger partial charge in [0.25, 0.3) is 0 Å². The molecule has 5 nitrogen and oxygen atoms in total. The lowest BCUT2D eigenvalue weighted by Crippen LogP contribution is -2.46. The van der Waals surface area contributed by atoms with Gasteiger partial charge in [-0.3, -0.25) is 9.89 Å². The smallest absolute Gasteiger partial charge is 0.191 e. The van der Waals surface area contributed by atoms with Crippen molar-refractivity contribution >= 4 is 5.96 Å². The van der Waals surface area contributed by atoms with Crippen LogP contribution in [0.3, 0.4) is 0 Å². The third-order valence-corrected chi connectivity index (χ3v) is 5.81. The second-order valence-corrected chi connectivity index (χ2v) is 7.64. The third-order valence-electron chi connectivity index (χ3n) is 5.81. The number of rotatable bonds is 8. The van der Waals surface area contributed by atoms with E-state index in [9.17, 15) is 0 Å². The molecule has 2 fully saturated rings. The van der Waals surface area contributed by atoms with Crippen LogP contribution in [0.2, 0.25) is 0 Å². The van der Waals surface area contributed by atoms with Crippen molar-refractivity contribution in [3.05, 3.63) is 0 Å². The summed E-state index contributed by atoms with van der Waals surface area (Å²) in [5.41, 5.74) is 0. The fourth-order valence-electron chi connectivity index (χ4n) is 4.28. The molecule has 0 aromatic carbocycles. The van der Waals surface area contributed by atoms with E-state index >= 15 is 0 Å². The molecule has 146 valence electrons. The number of guanidine groups is 1. The molecule has 2 aliphatic heterocycles. The van der Waals surface area contributed by atoms with Gasteiger partial charge in [0.15, 0.2) is 5.96 Å². The summed E-state index contributed by atoms with van der Waals surface area (Å²) in [6.45, 7) is 15.7. The molecular formula is C20H41N5. The van der Waals surface area contributed by atoms with Crippen molar-refractivity contribution < 1.29 is 0 Å². The first-order valence-corrected chi connectivity index (χ1v) is 10.7. The van der Waals surface area contributed by atoms with Crippen molar-refractivity contribution in [2.45, 2.75) is 65.3 Å². The van der Waals surface area contributed by atoms with Gasteiger partial charge in [-0.25, -0.2) is 0 Å². The second kappa shape index (κ2) is 11.7. The maximum Gasteiger partial charge on any atom is 0.191 e. The standard InChI is InChI=1S/C20H41N5/c1-4-19-11-7-8-14-25(19)15-12-22-20(21-5-2)23-16-18-10-9-13-24(6-3)17-18/h18-19H,4-17H2,1-3H3,(H2,21,22,23). The zero-order chi connectivity index (χ0) is 17.9. The number of hydrogen-bond donors (Lipinski definition) is 2. The average Bonchev–Trinajstić information content (AvgIpc) is 2.66. The molecule has 0 aliphatic carbocycles. The van der Waals surface area contributed by atoms with Crippen LogP contribution < -0.4 is 10.6 Å². The van der Waals surface area contributed by atoms with Crippen LogP contribution in [0.25, 0.3) is 0 Å². The minimum Gasteiger partial charge on any atom is -0.357 e. The van der Waals surface area contributed by atoms with Gasteiger partial charge in [-0.15, -0.1) is 0 Å². The Balaban J connectivity index is 1.75. The minimum atomic E-state index is 0.718. The molecule has 0 aromatic rings. The lowest BCUT2D eigenvalue weighted by molar-refractivity contribution is 0.147. The van der Waals surface area contributed by atoms with Crippen molar-refractivity contribution in [1.29, 1.82) is 0 Å². The van der Waals surface area contributed by atoms with Gasteiger partial charge in [0.2, 0.25) is 0 Å². The molecular weight excluding hydrogens is 310 g/mol. The Hall–Kier alpha value is -0.810. The molecule has 0 saturated carbocycles. The highest BCUT2D eigenvalue weighted by Crippen LogP contribution is 2.18. The number of aliphatic imine (C=N–C) groups is 1. The molecule has 2 rings (SSSR count). The quantitative estimate of drug-likeness (QED) is 0.521. The van der Waals surface area contributed by atoms with Crippen LogP contribution in [-0.4, -0.2) is 74.2 Å². The topological polar surface area (TPSA) is 42.9 Å². The Morgan fingerprint density at radius 1 is 1.04 bits per heavy atom. The number of piperidine rings is 2. The van der Waals surface area contributed by atoms with E-state index < -0.39 is 0 Å². The van der Waals surface area contributed by atoms with Gasteiger partial charge < -0.3 is 15.5 Å². The van der Waals surface area contributed by atoms with Gasteiger partial charge in [-0.1, -0.05) is 20.3 Å². The van der Waals surface area contributed by atoms with E-state index in [1.165, 1.54) is 64.7 Å². The summed E-state index contributed by atoms with van der Waals surface area (Å²) in [7, 11) is 0. The van der Waals surface area contributed by atoms with E-state index in [4.69, 9.17) is 4.99 Å². The van der Waals surface area contributed by atoms with E-state index in [1.807, 2.05) is 0 Å². The Morgan fingerprint density at radius 3 is 2.68 bits per heavy atom. The monoisotopic (exact) mass is 351 g/mol. The summed E-state index contributed by atoms with van der Waals surface area (Å²) in [4.78, 5) is 10.1. The predicted molar refractivity (Wildman–Crippen MR) is 108 cm³/mol. The van der Waals surface area contributed by atoms with Crippen LogP contribution in [0, 0.1) is 5.92 Å². The first kappa shape index (κ1) is 20.5. The summed E-state index contributed by atoms with van der Waals surface area (Å²) < 4.78 is 0. The normalized spacial score (nSPS) is 26.6. The highest BCUT2D eigenvalue weighted by molar-refractivity contribution is 5.79. The molecule has 0 radical (unpaired) electrons. The molecule has 2 saturated heterocycles. The highest BCUT2D eigenvalue weighted by Gasteiger charge is 2.20. The molecule has 5 heteroatoms. The largest absolute Gasteiger partial charge is 0.357 e. The first-order chi connectivity index (χ1) is 12.3. The zero-order valence-corrected chi connectivity index (χ0v) is 16.9. The molecule has 0 spiro atoms. The molecule has 0 amide bonds. The number of likely N-dealkylation sites (tertiary alicyclic amines) is 2. The minimum absolute atomic E-state index is 0.718. The second-order valence-electron chi connectivity index (χ2n) is 7.64. The molecule has 2 N–H and O–H groups in total. The number of nitrogens with one attached hydrogen (secondary N) is 2. The predicted octanol–water partition coefficient (Wildman–Crippen LogP) is 2.54. The van der Waals surface area contributed by atoms with Crippen molar-refractivity contribution in [2.24, 2.45) is 10.9 Å². The Kier molecular flexibility index (Phi) is 9.63. The summed E-state index contributed by atoms with van der Waals surface area (Å²) in [6.07, 6.45) is 8.07. The summed E-state index contributed by atoms with van der Waals surface area (Å²) in [5.74, 6) is 1.72. The molecule has 2 atom stereocenters. The molecule has 0 bridgehead atoms. The Labute approximate surface area is 155 Å². The molecule has 2 heterocycles. The van der Waals surface area contributed by atoms with Crippen molar-refractivity contribution in [3.8, 4) is 0 Å². The maximum atomic E-state index is 4.88. The number of hydrogen-bond acceptors (Lipinski definition) is 3. The van der Waals surface area contributed by atoms with E-state index in [0.717, 1.165) is 44.1 Å². The molecule has 2 unspecified atom stereocenters. The van der Waals surface area contributed by atoms with E-state index in [0.29, 0.717) is 0 Å². The number of nitrogens with zero attached hydrogens (tertiary/aromatic N) is 3. The van der Waals surface area contributed by atoms with Crippen LogP contribution >= 0.6 is 0 Å². The maximum absolute atomic E-state index is 4.88. The average molecular weight is 352 g/mol. The SMILES string of the molecule is CCNC(=NCC1CCCN(CC)C1)NCCN1CCCCC1CC. The summed E-state index contributed by atoms with van der Waals surface area (Å²) in [6, 6.07) is 0.789. The van der Waals surface area contributed by atoms with Crippen molar-refractivity contribution in [2.75, 3.05) is 52.4 Å². The zero-order valence-electron chi connectivity index (χ0n) is 16.9. The van der Waals surface area contributed by atoms with Gasteiger partial charge >= 0.3 is 0 Å².